The molecule has 7 heteroatoms. The summed E-state index contributed by atoms with van der Waals surface area (Å²) < 4.78 is 7.28. The standard InChI is InChI=1S/C13H23N5O2/c1-4-18-7-10(11(8-18)20-3)15-13(19)6-5-12-16-14-9-17(12)2/h9-11H,4-8H2,1-3H3,(H,15,19)/t10-,11-/m0/s1. The van der Waals surface area contributed by atoms with Gasteiger partial charge in [-0.05, 0) is 6.54 Å². The quantitative estimate of drug-likeness (QED) is 0.767. The molecule has 1 saturated heterocycles. The number of ether oxygens (including phenoxy) is 1. The van der Waals surface area contributed by atoms with E-state index in [4.69, 9.17) is 4.74 Å². The molecule has 1 aliphatic rings. The maximum absolute atomic E-state index is 12.0. The molecule has 2 heterocycles. The third-order valence-electron chi connectivity index (χ3n) is 3.82. The average molecular weight is 281 g/mol. The van der Waals surface area contributed by atoms with E-state index in [9.17, 15) is 4.79 Å². The van der Waals surface area contributed by atoms with E-state index in [1.807, 2.05) is 11.6 Å². The Morgan fingerprint density at radius 1 is 1.55 bits per heavy atom. The molecule has 0 aliphatic carbocycles. The molecule has 0 spiro atoms. The molecule has 20 heavy (non-hydrogen) atoms. The van der Waals surface area contributed by atoms with E-state index in [2.05, 4.69) is 27.3 Å². The Bertz CT molecular complexity index is 448. The van der Waals surface area contributed by atoms with Crippen molar-refractivity contribution in [3.63, 3.8) is 0 Å². The molecule has 2 atom stereocenters. The fraction of sp³-hybridized carbons (Fsp3) is 0.769. The number of hydrogen-bond donors (Lipinski definition) is 1. The summed E-state index contributed by atoms with van der Waals surface area (Å²) in [5.41, 5.74) is 0. The van der Waals surface area contributed by atoms with Crippen LogP contribution in [-0.4, -0.2) is 64.5 Å². The molecular formula is C13H23N5O2. The molecule has 0 saturated carbocycles. The zero-order valence-electron chi connectivity index (χ0n) is 12.4. The van der Waals surface area contributed by atoms with Gasteiger partial charge in [0.25, 0.3) is 0 Å². The molecular weight excluding hydrogens is 258 g/mol. The van der Waals surface area contributed by atoms with Gasteiger partial charge in [-0.25, -0.2) is 0 Å². The third kappa shape index (κ3) is 3.55. The Hall–Kier alpha value is -1.47. The number of likely N-dealkylation sites (tertiary alicyclic amines) is 1. The molecule has 1 fully saturated rings. The van der Waals surface area contributed by atoms with Crippen LogP contribution in [0.3, 0.4) is 0 Å². The molecule has 112 valence electrons. The Balaban J connectivity index is 1.80. The lowest BCUT2D eigenvalue weighted by Gasteiger charge is -2.18. The fourth-order valence-electron chi connectivity index (χ4n) is 2.53. The average Bonchev–Trinajstić information content (AvgIpc) is 3.02. The van der Waals surface area contributed by atoms with Crippen LogP contribution in [-0.2, 0) is 23.0 Å². The SMILES string of the molecule is CCN1C[C@H](NC(=O)CCc2nncn2C)[C@@H](OC)C1. The molecule has 0 bridgehead atoms. The highest BCUT2D eigenvalue weighted by atomic mass is 16.5. The molecule has 1 aromatic rings. The predicted octanol–water partition coefficient (Wildman–Crippen LogP) is -0.417. The lowest BCUT2D eigenvalue weighted by Crippen LogP contribution is -2.43. The van der Waals surface area contributed by atoms with Crippen LogP contribution < -0.4 is 5.32 Å². The van der Waals surface area contributed by atoms with Gasteiger partial charge in [0.2, 0.25) is 5.91 Å². The minimum Gasteiger partial charge on any atom is -0.378 e. The van der Waals surface area contributed by atoms with Gasteiger partial charge >= 0.3 is 0 Å². The van der Waals surface area contributed by atoms with Crippen molar-refractivity contribution in [2.75, 3.05) is 26.7 Å². The van der Waals surface area contributed by atoms with Crippen molar-refractivity contribution >= 4 is 5.91 Å². The zero-order valence-corrected chi connectivity index (χ0v) is 12.4. The predicted molar refractivity (Wildman–Crippen MR) is 74.2 cm³/mol. The Kier molecular flexibility index (Phi) is 5.08. The van der Waals surface area contributed by atoms with Crippen molar-refractivity contribution in [2.24, 2.45) is 7.05 Å². The molecule has 1 aliphatic heterocycles. The number of rotatable bonds is 6. The topological polar surface area (TPSA) is 72.3 Å². The van der Waals surface area contributed by atoms with Crippen molar-refractivity contribution in [3.05, 3.63) is 12.2 Å². The molecule has 0 aromatic carbocycles. The van der Waals surface area contributed by atoms with E-state index in [1.165, 1.54) is 0 Å². The molecule has 0 unspecified atom stereocenters. The first-order valence-corrected chi connectivity index (χ1v) is 7.01. The van der Waals surface area contributed by atoms with Gasteiger partial charge in [0.1, 0.15) is 12.2 Å². The van der Waals surface area contributed by atoms with Crippen molar-refractivity contribution < 1.29 is 9.53 Å². The van der Waals surface area contributed by atoms with Gasteiger partial charge in [0.05, 0.1) is 12.1 Å². The second-order valence-electron chi connectivity index (χ2n) is 5.16. The van der Waals surface area contributed by atoms with E-state index >= 15 is 0 Å². The summed E-state index contributed by atoms with van der Waals surface area (Å²) in [6.07, 6.45) is 2.74. The fourth-order valence-corrected chi connectivity index (χ4v) is 2.53. The van der Waals surface area contributed by atoms with Crippen LogP contribution in [0.25, 0.3) is 0 Å². The highest BCUT2D eigenvalue weighted by molar-refractivity contribution is 5.76. The highest BCUT2D eigenvalue weighted by Crippen LogP contribution is 2.12. The van der Waals surface area contributed by atoms with Crippen LogP contribution >= 0.6 is 0 Å². The summed E-state index contributed by atoms with van der Waals surface area (Å²) in [6, 6.07) is 0.0759. The summed E-state index contributed by atoms with van der Waals surface area (Å²) in [5, 5.41) is 10.8. The molecule has 0 radical (unpaired) electrons. The molecule has 1 amide bonds. The van der Waals surface area contributed by atoms with Crippen LogP contribution in [0.15, 0.2) is 6.33 Å². The highest BCUT2D eigenvalue weighted by Gasteiger charge is 2.32. The Morgan fingerprint density at radius 3 is 2.95 bits per heavy atom. The minimum atomic E-state index is 0.0398. The van der Waals surface area contributed by atoms with Crippen molar-refractivity contribution in [3.8, 4) is 0 Å². The van der Waals surface area contributed by atoms with Gasteiger partial charge in [-0.3, -0.25) is 9.69 Å². The van der Waals surface area contributed by atoms with Gasteiger partial charge in [0, 0.05) is 40.1 Å². The number of aryl methyl sites for hydroxylation is 2. The van der Waals surface area contributed by atoms with Crippen molar-refractivity contribution in [1.82, 2.24) is 25.0 Å². The van der Waals surface area contributed by atoms with E-state index < -0.39 is 0 Å². The number of nitrogens with one attached hydrogen (secondary N) is 1. The number of aromatic nitrogens is 3. The van der Waals surface area contributed by atoms with E-state index in [1.54, 1.807) is 13.4 Å². The summed E-state index contributed by atoms with van der Waals surface area (Å²) in [5.74, 6) is 0.864. The van der Waals surface area contributed by atoms with E-state index in [0.29, 0.717) is 12.8 Å². The molecule has 1 N–H and O–H groups in total. The van der Waals surface area contributed by atoms with Gasteiger partial charge in [0.15, 0.2) is 0 Å². The smallest absolute Gasteiger partial charge is 0.220 e. The Morgan fingerprint density at radius 2 is 2.35 bits per heavy atom. The second-order valence-corrected chi connectivity index (χ2v) is 5.16. The summed E-state index contributed by atoms with van der Waals surface area (Å²) in [7, 11) is 3.58. The third-order valence-corrected chi connectivity index (χ3v) is 3.82. The minimum absolute atomic E-state index is 0.0398. The van der Waals surface area contributed by atoms with Crippen LogP contribution in [0.2, 0.25) is 0 Å². The number of carbonyl (C=O) groups excluding carboxylic acids is 1. The number of methoxy groups -OCH3 is 1. The molecule has 1 aromatic heterocycles. The largest absolute Gasteiger partial charge is 0.378 e. The van der Waals surface area contributed by atoms with Crippen LogP contribution in [0.4, 0.5) is 0 Å². The normalized spacial score (nSPS) is 23.1. The number of nitrogens with zero attached hydrogens (tertiary/aromatic N) is 4. The van der Waals surface area contributed by atoms with Crippen molar-refractivity contribution in [1.29, 1.82) is 0 Å². The first-order chi connectivity index (χ1) is 9.63. The monoisotopic (exact) mass is 281 g/mol. The second kappa shape index (κ2) is 6.81. The molecule has 7 nitrogen and oxygen atoms in total. The van der Waals surface area contributed by atoms with Crippen LogP contribution in [0.1, 0.15) is 19.2 Å². The van der Waals surface area contributed by atoms with Crippen LogP contribution in [0.5, 0.6) is 0 Å². The van der Waals surface area contributed by atoms with Gasteiger partial charge < -0.3 is 14.6 Å². The zero-order chi connectivity index (χ0) is 14.5. The first-order valence-electron chi connectivity index (χ1n) is 7.01. The lowest BCUT2D eigenvalue weighted by atomic mass is 10.2. The number of amides is 1. The Labute approximate surface area is 119 Å². The molecule has 2 rings (SSSR count). The van der Waals surface area contributed by atoms with E-state index in [-0.39, 0.29) is 18.1 Å². The summed E-state index contributed by atoms with van der Waals surface area (Å²) in [6.45, 7) is 4.82. The summed E-state index contributed by atoms with van der Waals surface area (Å²) >= 11 is 0. The van der Waals surface area contributed by atoms with E-state index in [0.717, 1.165) is 25.5 Å². The maximum atomic E-state index is 12.0. The number of hydrogen-bond acceptors (Lipinski definition) is 5. The maximum Gasteiger partial charge on any atom is 0.220 e. The van der Waals surface area contributed by atoms with Gasteiger partial charge in [-0.2, -0.15) is 0 Å². The van der Waals surface area contributed by atoms with Gasteiger partial charge in [-0.1, -0.05) is 6.92 Å². The lowest BCUT2D eigenvalue weighted by molar-refractivity contribution is -0.122. The number of carbonyl (C=O) groups is 1. The first kappa shape index (κ1) is 14.9. The van der Waals surface area contributed by atoms with Crippen molar-refractivity contribution in [2.45, 2.75) is 31.9 Å². The van der Waals surface area contributed by atoms with Gasteiger partial charge in [-0.15, -0.1) is 10.2 Å². The number of likely N-dealkylation sites (N-methyl/N-ethyl adjacent to an activating group) is 1. The summed E-state index contributed by atoms with van der Waals surface area (Å²) in [4.78, 5) is 14.3. The van der Waals surface area contributed by atoms with Crippen LogP contribution in [0, 0.1) is 0 Å².